The number of phenolic OH excluding ortho intramolecular Hbond substituents is 1. The van der Waals surface area contributed by atoms with Gasteiger partial charge in [-0.3, -0.25) is 4.79 Å². The summed E-state index contributed by atoms with van der Waals surface area (Å²) in [7, 11) is 0. The first-order chi connectivity index (χ1) is 16.7. The lowest BCUT2D eigenvalue weighted by Gasteiger charge is -2.16. The standard InChI is InChI=1S/C29H22O5/c30-22-13-7-16-26-28(22)23(31)17-27(34-26)29-24(32-18-20-9-3-1-4-10-20)14-8-15-25(29)33-19-21-11-5-2-6-12-21/h1-17,30H,18-19H2. The fraction of sp³-hybridized carbons (Fsp3) is 0.0690. The summed E-state index contributed by atoms with van der Waals surface area (Å²) < 4.78 is 18.4. The molecular formula is C29H22O5. The van der Waals surface area contributed by atoms with Gasteiger partial charge in [-0.25, -0.2) is 0 Å². The van der Waals surface area contributed by atoms with E-state index in [1.165, 1.54) is 12.1 Å². The molecule has 0 amide bonds. The van der Waals surface area contributed by atoms with Crippen LogP contribution in [0.5, 0.6) is 17.2 Å². The van der Waals surface area contributed by atoms with Crippen LogP contribution in [0.4, 0.5) is 0 Å². The van der Waals surface area contributed by atoms with E-state index in [0.29, 0.717) is 36.0 Å². The fourth-order valence-corrected chi connectivity index (χ4v) is 3.78. The third-order valence-corrected chi connectivity index (χ3v) is 5.44. The van der Waals surface area contributed by atoms with Gasteiger partial charge in [-0.05, 0) is 35.4 Å². The van der Waals surface area contributed by atoms with Crippen molar-refractivity contribution in [2.45, 2.75) is 13.2 Å². The van der Waals surface area contributed by atoms with Crippen molar-refractivity contribution >= 4 is 11.0 Å². The molecule has 5 heteroatoms. The molecule has 5 nitrogen and oxygen atoms in total. The Kier molecular flexibility index (Phi) is 5.99. The minimum atomic E-state index is -0.346. The van der Waals surface area contributed by atoms with Gasteiger partial charge in [-0.2, -0.15) is 0 Å². The SMILES string of the molecule is O=c1cc(-c2c(OCc3ccccc3)cccc2OCc2ccccc2)oc2cccc(O)c12. The molecule has 0 spiro atoms. The van der Waals surface area contributed by atoms with Crippen LogP contribution in [-0.4, -0.2) is 5.11 Å². The van der Waals surface area contributed by atoms with Crippen LogP contribution in [0.15, 0.2) is 112 Å². The number of hydrogen-bond acceptors (Lipinski definition) is 5. The molecule has 0 radical (unpaired) electrons. The molecule has 1 heterocycles. The lowest BCUT2D eigenvalue weighted by atomic mass is 10.1. The molecule has 0 aliphatic heterocycles. The van der Waals surface area contributed by atoms with Crippen molar-refractivity contribution in [3.63, 3.8) is 0 Å². The monoisotopic (exact) mass is 450 g/mol. The molecule has 5 rings (SSSR count). The Hall–Kier alpha value is -4.51. The van der Waals surface area contributed by atoms with E-state index in [9.17, 15) is 9.90 Å². The quantitative estimate of drug-likeness (QED) is 0.314. The highest BCUT2D eigenvalue weighted by Gasteiger charge is 2.19. The van der Waals surface area contributed by atoms with Gasteiger partial charge in [0, 0.05) is 6.07 Å². The first-order valence-electron chi connectivity index (χ1n) is 10.9. The minimum Gasteiger partial charge on any atom is -0.507 e. The molecule has 0 atom stereocenters. The topological polar surface area (TPSA) is 68.9 Å². The Morgan fingerprint density at radius 3 is 1.82 bits per heavy atom. The molecule has 1 N–H and O–H groups in total. The van der Waals surface area contributed by atoms with E-state index in [1.54, 1.807) is 12.1 Å². The Balaban J connectivity index is 1.58. The zero-order valence-electron chi connectivity index (χ0n) is 18.3. The number of aromatic hydroxyl groups is 1. The van der Waals surface area contributed by atoms with Crippen LogP contribution in [0.3, 0.4) is 0 Å². The van der Waals surface area contributed by atoms with Gasteiger partial charge < -0.3 is 19.0 Å². The predicted molar refractivity (Wildman–Crippen MR) is 131 cm³/mol. The second-order valence-electron chi connectivity index (χ2n) is 7.80. The maximum absolute atomic E-state index is 12.9. The number of ether oxygens (including phenoxy) is 2. The average molecular weight is 450 g/mol. The van der Waals surface area contributed by atoms with Crippen LogP contribution in [0.1, 0.15) is 11.1 Å². The molecule has 0 saturated heterocycles. The summed E-state index contributed by atoms with van der Waals surface area (Å²) in [6.07, 6.45) is 0. The van der Waals surface area contributed by atoms with Crippen molar-refractivity contribution in [2.75, 3.05) is 0 Å². The Labute approximate surface area is 196 Å². The molecule has 4 aromatic carbocycles. The molecule has 0 saturated carbocycles. The van der Waals surface area contributed by atoms with Crippen molar-refractivity contribution in [2.24, 2.45) is 0 Å². The summed E-state index contributed by atoms with van der Waals surface area (Å²) in [6.45, 7) is 0.684. The number of rotatable bonds is 7. The minimum absolute atomic E-state index is 0.119. The van der Waals surface area contributed by atoms with E-state index in [-0.39, 0.29) is 22.1 Å². The van der Waals surface area contributed by atoms with Gasteiger partial charge in [0.25, 0.3) is 0 Å². The average Bonchev–Trinajstić information content (AvgIpc) is 2.87. The highest BCUT2D eigenvalue weighted by molar-refractivity contribution is 5.85. The van der Waals surface area contributed by atoms with Crippen LogP contribution in [0.25, 0.3) is 22.3 Å². The number of hydrogen-bond donors (Lipinski definition) is 1. The van der Waals surface area contributed by atoms with E-state index in [4.69, 9.17) is 13.9 Å². The van der Waals surface area contributed by atoms with Gasteiger partial charge in [0.2, 0.25) is 0 Å². The molecule has 0 aliphatic carbocycles. The lowest BCUT2D eigenvalue weighted by molar-refractivity contribution is 0.291. The van der Waals surface area contributed by atoms with E-state index in [0.717, 1.165) is 11.1 Å². The number of fused-ring (bicyclic) bond motifs is 1. The van der Waals surface area contributed by atoms with E-state index in [1.807, 2.05) is 78.9 Å². The molecule has 0 fully saturated rings. The smallest absolute Gasteiger partial charge is 0.197 e. The maximum Gasteiger partial charge on any atom is 0.197 e. The van der Waals surface area contributed by atoms with Crippen LogP contribution in [-0.2, 0) is 13.2 Å². The summed E-state index contributed by atoms with van der Waals surface area (Å²) in [5, 5.41) is 10.3. The third-order valence-electron chi connectivity index (χ3n) is 5.44. The molecule has 34 heavy (non-hydrogen) atoms. The van der Waals surface area contributed by atoms with Crippen molar-refractivity contribution in [1.29, 1.82) is 0 Å². The third kappa shape index (κ3) is 4.50. The first-order valence-corrected chi connectivity index (χ1v) is 10.9. The van der Waals surface area contributed by atoms with E-state index < -0.39 is 0 Å². The molecule has 168 valence electrons. The van der Waals surface area contributed by atoms with Crippen molar-refractivity contribution < 1.29 is 19.0 Å². The molecule has 0 bridgehead atoms. The number of benzene rings is 4. The molecular weight excluding hydrogens is 428 g/mol. The normalized spacial score (nSPS) is 10.8. The summed E-state index contributed by atoms with van der Waals surface area (Å²) in [4.78, 5) is 12.9. The van der Waals surface area contributed by atoms with Crippen LogP contribution >= 0.6 is 0 Å². The molecule has 0 unspecified atom stereocenters. The van der Waals surface area contributed by atoms with Crippen LogP contribution in [0, 0.1) is 0 Å². The largest absolute Gasteiger partial charge is 0.507 e. The Bertz CT molecular complexity index is 1410. The fourth-order valence-electron chi connectivity index (χ4n) is 3.78. The molecule has 0 aliphatic rings. The van der Waals surface area contributed by atoms with Gasteiger partial charge >= 0.3 is 0 Å². The number of phenols is 1. The molecule has 5 aromatic rings. The van der Waals surface area contributed by atoms with Gasteiger partial charge in [0.15, 0.2) is 5.43 Å². The Morgan fingerprint density at radius 1 is 0.676 bits per heavy atom. The van der Waals surface area contributed by atoms with Crippen molar-refractivity contribution in [3.8, 4) is 28.6 Å². The van der Waals surface area contributed by atoms with Gasteiger partial charge in [-0.1, -0.05) is 72.8 Å². The first kappa shape index (κ1) is 21.3. The zero-order chi connectivity index (χ0) is 23.3. The zero-order valence-corrected chi connectivity index (χ0v) is 18.3. The predicted octanol–water partition coefficient (Wildman–Crippen LogP) is 6.32. The van der Waals surface area contributed by atoms with Gasteiger partial charge in [-0.15, -0.1) is 0 Å². The van der Waals surface area contributed by atoms with Crippen LogP contribution in [0.2, 0.25) is 0 Å². The second-order valence-corrected chi connectivity index (χ2v) is 7.80. The lowest BCUT2D eigenvalue weighted by Crippen LogP contribution is -2.04. The Morgan fingerprint density at radius 2 is 1.24 bits per heavy atom. The second kappa shape index (κ2) is 9.55. The maximum atomic E-state index is 12.9. The van der Waals surface area contributed by atoms with Gasteiger partial charge in [0.1, 0.15) is 52.8 Å². The summed E-state index contributed by atoms with van der Waals surface area (Å²) in [6, 6.07) is 31.2. The summed E-state index contributed by atoms with van der Waals surface area (Å²) in [5.41, 5.74) is 2.50. The van der Waals surface area contributed by atoms with Crippen molar-refractivity contribution in [3.05, 3.63) is 124 Å². The summed E-state index contributed by atoms with van der Waals surface area (Å²) in [5.74, 6) is 1.23. The summed E-state index contributed by atoms with van der Waals surface area (Å²) >= 11 is 0. The highest BCUT2D eigenvalue weighted by atomic mass is 16.5. The highest BCUT2D eigenvalue weighted by Crippen LogP contribution is 2.40. The van der Waals surface area contributed by atoms with E-state index >= 15 is 0 Å². The van der Waals surface area contributed by atoms with Crippen LogP contribution < -0.4 is 14.9 Å². The molecule has 1 aromatic heterocycles. The van der Waals surface area contributed by atoms with E-state index in [2.05, 4.69) is 0 Å². The van der Waals surface area contributed by atoms with Gasteiger partial charge in [0.05, 0.1) is 0 Å². The van der Waals surface area contributed by atoms with Crippen molar-refractivity contribution in [1.82, 2.24) is 0 Å².